The summed E-state index contributed by atoms with van der Waals surface area (Å²) in [6.45, 7) is 1.74. The summed E-state index contributed by atoms with van der Waals surface area (Å²) in [4.78, 5) is 11.0. The van der Waals surface area contributed by atoms with Crippen molar-refractivity contribution in [3.8, 4) is 11.5 Å². The van der Waals surface area contributed by atoms with E-state index in [-0.39, 0.29) is 11.9 Å². The van der Waals surface area contributed by atoms with Crippen LogP contribution in [0.1, 0.15) is 30.1 Å². The molecular weight excluding hydrogens is 268 g/mol. The van der Waals surface area contributed by atoms with Crippen molar-refractivity contribution in [2.24, 2.45) is 0 Å². The Kier molecular flexibility index (Phi) is 3.62. The number of fused-ring (bicyclic) bond motifs is 1. The Morgan fingerprint density at radius 1 is 1.24 bits per heavy atom. The summed E-state index contributed by atoms with van der Waals surface area (Å²) in [6, 6.07) is 14.8. The zero-order valence-corrected chi connectivity index (χ0v) is 11.7. The monoisotopic (exact) mass is 284 g/mol. The van der Waals surface area contributed by atoms with Crippen molar-refractivity contribution in [3.63, 3.8) is 0 Å². The highest BCUT2D eigenvalue weighted by Gasteiger charge is 2.30. The molecule has 1 aliphatic heterocycles. The molecule has 1 aliphatic rings. The van der Waals surface area contributed by atoms with E-state index in [1.807, 2.05) is 30.3 Å². The molecule has 21 heavy (non-hydrogen) atoms. The molecule has 4 heteroatoms. The summed E-state index contributed by atoms with van der Waals surface area (Å²) in [7, 11) is 0. The van der Waals surface area contributed by atoms with Gasteiger partial charge in [0.05, 0.1) is 12.7 Å². The lowest BCUT2D eigenvalue weighted by atomic mass is 9.87. The lowest BCUT2D eigenvalue weighted by molar-refractivity contribution is -0.131. The highest BCUT2D eigenvalue weighted by atomic mass is 16.5. The Hall–Kier alpha value is -2.33. The first kappa shape index (κ1) is 13.6. The van der Waals surface area contributed by atoms with E-state index in [9.17, 15) is 9.90 Å². The number of esters is 1. The molecule has 0 aromatic heterocycles. The van der Waals surface area contributed by atoms with E-state index in [2.05, 4.69) is 0 Å². The Morgan fingerprint density at radius 3 is 2.71 bits per heavy atom. The fourth-order valence-corrected chi connectivity index (χ4v) is 2.58. The van der Waals surface area contributed by atoms with Gasteiger partial charge in [-0.3, -0.25) is 4.79 Å². The van der Waals surface area contributed by atoms with Gasteiger partial charge in [-0.1, -0.05) is 30.3 Å². The van der Waals surface area contributed by atoms with Crippen LogP contribution in [0.4, 0.5) is 0 Å². The summed E-state index contributed by atoms with van der Waals surface area (Å²) < 4.78 is 10.8. The number of benzene rings is 2. The Bertz CT molecular complexity index is 651. The number of rotatable bonds is 2. The molecule has 4 nitrogen and oxygen atoms in total. The number of aliphatic hydroxyl groups is 1. The van der Waals surface area contributed by atoms with Crippen molar-refractivity contribution in [2.75, 3.05) is 6.61 Å². The van der Waals surface area contributed by atoms with Crippen LogP contribution in [0.15, 0.2) is 48.5 Å². The lowest BCUT2D eigenvalue weighted by Crippen LogP contribution is -2.24. The summed E-state index contributed by atoms with van der Waals surface area (Å²) in [5.41, 5.74) is 1.76. The first-order chi connectivity index (χ1) is 10.1. The van der Waals surface area contributed by atoms with Gasteiger partial charge in [0.2, 0.25) is 0 Å². The average molecular weight is 284 g/mol. The van der Waals surface area contributed by atoms with Gasteiger partial charge in [-0.25, -0.2) is 0 Å². The molecule has 0 bridgehead atoms. The first-order valence-electron chi connectivity index (χ1n) is 6.83. The second kappa shape index (κ2) is 5.58. The molecule has 0 radical (unpaired) electrons. The molecule has 0 saturated heterocycles. The van der Waals surface area contributed by atoms with Crippen LogP contribution >= 0.6 is 0 Å². The normalized spacial score (nSPS) is 20.3. The molecule has 2 aromatic rings. The van der Waals surface area contributed by atoms with Crippen LogP contribution in [0.5, 0.6) is 11.5 Å². The molecule has 108 valence electrons. The fourth-order valence-electron chi connectivity index (χ4n) is 2.58. The minimum Gasteiger partial charge on any atom is -0.492 e. The van der Waals surface area contributed by atoms with E-state index in [0.717, 1.165) is 5.56 Å². The summed E-state index contributed by atoms with van der Waals surface area (Å²) >= 11 is 0. The van der Waals surface area contributed by atoms with Crippen LogP contribution in [0, 0.1) is 0 Å². The van der Waals surface area contributed by atoms with E-state index in [1.54, 1.807) is 18.2 Å². The fraction of sp³-hybridized carbons (Fsp3) is 0.235. The molecule has 2 atom stereocenters. The van der Waals surface area contributed by atoms with Crippen molar-refractivity contribution in [3.05, 3.63) is 59.7 Å². The van der Waals surface area contributed by atoms with Crippen LogP contribution in [0.3, 0.4) is 0 Å². The molecule has 0 unspecified atom stereocenters. The molecule has 1 N–H and O–H groups in total. The van der Waals surface area contributed by atoms with Gasteiger partial charge in [0.15, 0.2) is 0 Å². The third kappa shape index (κ3) is 2.76. The van der Waals surface area contributed by atoms with E-state index < -0.39 is 6.10 Å². The number of aliphatic hydroxyl groups excluding tert-OH is 1. The van der Waals surface area contributed by atoms with Gasteiger partial charge in [0.1, 0.15) is 11.5 Å². The molecular formula is C17H16O4. The predicted octanol–water partition coefficient (Wildman–Crippen LogP) is 2.82. The number of ether oxygens (including phenoxy) is 2. The second-order valence-corrected chi connectivity index (χ2v) is 5.07. The van der Waals surface area contributed by atoms with Crippen molar-refractivity contribution in [1.29, 1.82) is 0 Å². The molecule has 0 spiro atoms. The van der Waals surface area contributed by atoms with Crippen molar-refractivity contribution in [2.45, 2.75) is 18.9 Å². The van der Waals surface area contributed by atoms with Crippen LogP contribution in [0.25, 0.3) is 0 Å². The van der Waals surface area contributed by atoms with Crippen LogP contribution < -0.4 is 9.47 Å². The average Bonchev–Trinajstić information content (AvgIpc) is 2.48. The van der Waals surface area contributed by atoms with Gasteiger partial charge in [0, 0.05) is 24.5 Å². The van der Waals surface area contributed by atoms with Gasteiger partial charge in [0.25, 0.3) is 0 Å². The second-order valence-electron chi connectivity index (χ2n) is 5.07. The van der Waals surface area contributed by atoms with Crippen LogP contribution in [-0.4, -0.2) is 17.7 Å². The molecule has 3 rings (SSSR count). The van der Waals surface area contributed by atoms with E-state index >= 15 is 0 Å². The quantitative estimate of drug-likeness (QED) is 0.680. The number of hydrogen-bond donors (Lipinski definition) is 1. The largest absolute Gasteiger partial charge is 0.492 e. The van der Waals surface area contributed by atoms with Crippen molar-refractivity contribution >= 4 is 5.97 Å². The standard InChI is InChI=1S/C17H16O4/c1-11(18)21-13-7-8-14-16(9-13)20-10-15(17(14)19)12-5-3-2-4-6-12/h2-9,15,17,19H,10H2,1H3/t15-,17-/m0/s1. The van der Waals surface area contributed by atoms with Gasteiger partial charge in [-0.05, 0) is 17.7 Å². The highest BCUT2D eigenvalue weighted by molar-refractivity contribution is 5.69. The predicted molar refractivity (Wildman–Crippen MR) is 77.4 cm³/mol. The highest BCUT2D eigenvalue weighted by Crippen LogP contribution is 2.41. The van der Waals surface area contributed by atoms with Gasteiger partial charge < -0.3 is 14.6 Å². The third-order valence-electron chi connectivity index (χ3n) is 3.59. The van der Waals surface area contributed by atoms with Gasteiger partial charge >= 0.3 is 5.97 Å². The maximum atomic E-state index is 11.0. The van der Waals surface area contributed by atoms with E-state index in [1.165, 1.54) is 6.92 Å². The number of carbonyl (C=O) groups is 1. The number of carbonyl (C=O) groups excluding carboxylic acids is 1. The van der Waals surface area contributed by atoms with Crippen molar-refractivity contribution < 1.29 is 19.4 Å². The van der Waals surface area contributed by atoms with Gasteiger partial charge in [-0.2, -0.15) is 0 Å². The SMILES string of the molecule is CC(=O)Oc1ccc2c(c1)OC[C@@H](c1ccccc1)[C@H]2O. The topological polar surface area (TPSA) is 55.8 Å². The molecule has 2 aromatic carbocycles. The zero-order chi connectivity index (χ0) is 14.8. The van der Waals surface area contributed by atoms with E-state index in [0.29, 0.717) is 23.7 Å². The van der Waals surface area contributed by atoms with Crippen molar-refractivity contribution in [1.82, 2.24) is 0 Å². The summed E-state index contributed by atoms with van der Waals surface area (Å²) in [5.74, 6) is 0.506. The maximum Gasteiger partial charge on any atom is 0.308 e. The molecule has 0 amide bonds. The molecule has 0 saturated carbocycles. The Morgan fingerprint density at radius 2 is 2.00 bits per heavy atom. The molecule has 0 aliphatic carbocycles. The van der Waals surface area contributed by atoms with Crippen LogP contribution in [0.2, 0.25) is 0 Å². The summed E-state index contributed by atoms with van der Waals surface area (Å²) in [6.07, 6.45) is -0.637. The third-order valence-corrected chi connectivity index (χ3v) is 3.59. The number of hydrogen-bond acceptors (Lipinski definition) is 4. The van der Waals surface area contributed by atoms with E-state index in [4.69, 9.17) is 9.47 Å². The zero-order valence-electron chi connectivity index (χ0n) is 11.7. The minimum absolute atomic E-state index is 0.0988. The van der Waals surface area contributed by atoms with Crippen LogP contribution in [-0.2, 0) is 4.79 Å². The molecule has 0 fully saturated rings. The minimum atomic E-state index is -0.637. The Balaban J connectivity index is 1.89. The maximum absolute atomic E-state index is 11.0. The first-order valence-corrected chi connectivity index (χ1v) is 6.83. The summed E-state index contributed by atoms with van der Waals surface area (Å²) in [5, 5.41) is 10.6. The smallest absolute Gasteiger partial charge is 0.308 e. The molecule has 1 heterocycles. The van der Waals surface area contributed by atoms with Gasteiger partial charge in [-0.15, -0.1) is 0 Å². The Labute approximate surface area is 122 Å². The lowest BCUT2D eigenvalue weighted by Gasteiger charge is -2.30.